The summed E-state index contributed by atoms with van der Waals surface area (Å²) in [5, 5.41) is 9.14. The number of halogens is 3. The molecule has 0 spiro atoms. The highest BCUT2D eigenvalue weighted by Gasteiger charge is 2.46. The Hall–Kier alpha value is -1.89. The number of carboxylic acids is 1. The molecule has 0 aliphatic heterocycles. The summed E-state index contributed by atoms with van der Waals surface area (Å²) in [6.45, 7) is 0. The van der Waals surface area contributed by atoms with Crippen LogP contribution in [0.15, 0.2) is 41.1 Å². The lowest BCUT2D eigenvalue weighted by Gasteiger charge is -2.19. The Labute approximate surface area is 115 Å². The van der Waals surface area contributed by atoms with Crippen molar-refractivity contribution in [3.63, 3.8) is 0 Å². The Bertz CT molecular complexity index is 624. The zero-order chi connectivity index (χ0) is 14.0. The van der Waals surface area contributed by atoms with Crippen molar-refractivity contribution in [2.45, 2.75) is 5.67 Å². The molecule has 98 valence electrons. The number of pyridine rings is 2. The number of hydrogen-bond donors (Lipinski definition) is 1. The first-order chi connectivity index (χ1) is 8.96. The Morgan fingerprint density at radius 3 is 2.53 bits per heavy atom. The molecule has 2 aromatic heterocycles. The lowest BCUT2D eigenvalue weighted by molar-refractivity contribution is -0.149. The molecule has 2 heterocycles. The van der Waals surface area contributed by atoms with E-state index >= 15 is 0 Å². The number of nitrogens with zero attached hydrogens (tertiary/aromatic N) is 2. The van der Waals surface area contributed by atoms with Crippen LogP contribution in [0.2, 0.25) is 0 Å². The number of alkyl halides is 1. The number of rotatable bonds is 3. The molecule has 2 aromatic rings. The number of aromatic nitrogens is 2. The van der Waals surface area contributed by atoms with Gasteiger partial charge in [0.1, 0.15) is 4.60 Å². The second-order valence-corrected chi connectivity index (χ2v) is 4.40. The van der Waals surface area contributed by atoms with Gasteiger partial charge in [-0.2, -0.15) is 0 Å². The minimum Gasteiger partial charge on any atom is -0.478 e. The van der Waals surface area contributed by atoms with Crippen LogP contribution < -0.4 is 0 Å². The molecule has 2 rings (SSSR count). The molecule has 0 aromatic carbocycles. The molecule has 1 atom stereocenters. The van der Waals surface area contributed by atoms with E-state index < -0.39 is 23.1 Å². The third-order valence-electron chi connectivity index (χ3n) is 2.47. The molecule has 0 saturated heterocycles. The van der Waals surface area contributed by atoms with Gasteiger partial charge in [0.2, 0.25) is 0 Å². The van der Waals surface area contributed by atoms with Crippen molar-refractivity contribution in [1.29, 1.82) is 0 Å². The first kappa shape index (κ1) is 13.5. The SMILES string of the molecule is O=C(O)C(F)(c1ccccn1)c1ccc(F)c(Br)n1. The number of carbonyl (C=O) groups is 1. The van der Waals surface area contributed by atoms with Crippen LogP contribution in [0.5, 0.6) is 0 Å². The second-order valence-electron chi connectivity index (χ2n) is 3.65. The van der Waals surface area contributed by atoms with Crippen LogP contribution in [0.25, 0.3) is 0 Å². The first-order valence-corrected chi connectivity index (χ1v) is 5.92. The summed E-state index contributed by atoms with van der Waals surface area (Å²) in [7, 11) is 0. The fraction of sp³-hybridized carbons (Fsp3) is 0.0833. The van der Waals surface area contributed by atoms with Crippen molar-refractivity contribution >= 4 is 21.9 Å². The van der Waals surface area contributed by atoms with E-state index in [0.29, 0.717) is 0 Å². The lowest BCUT2D eigenvalue weighted by atomic mass is 9.96. The predicted octanol–water partition coefficient (Wildman–Crippen LogP) is 2.68. The normalized spacial score (nSPS) is 13.8. The molecule has 1 N–H and O–H groups in total. The largest absolute Gasteiger partial charge is 0.478 e. The van der Waals surface area contributed by atoms with E-state index in [4.69, 9.17) is 5.11 Å². The monoisotopic (exact) mass is 328 g/mol. The van der Waals surface area contributed by atoms with Crippen molar-refractivity contribution in [1.82, 2.24) is 9.97 Å². The van der Waals surface area contributed by atoms with Crippen molar-refractivity contribution in [2.24, 2.45) is 0 Å². The Morgan fingerprint density at radius 2 is 2.00 bits per heavy atom. The standard InChI is InChI=1S/C12H7BrF2N2O2/c13-10-7(14)4-5-9(17-10)12(15,11(18)19)8-3-1-2-6-16-8/h1-6H,(H,18,19). The van der Waals surface area contributed by atoms with E-state index in [-0.39, 0.29) is 10.3 Å². The zero-order valence-corrected chi connectivity index (χ0v) is 10.9. The molecule has 0 amide bonds. The van der Waals surface area contributed by atoms with Gasteiger partial charge in [0.25, 0.3) is 5.67 Å². The fourth-order valence-electron chi connectivity index (χ4n) is 1.53. The lowest BCUT2D eigenvalue weighted by Crippen LogP contribution is -2.34. The summed E-state index contributed by atoms with van der Waals surface area (Å²) < 4.78 is 27.7. The first-order valence-electron chi connectivity index (χ1n) is 5.12. The van der Waals surface area contributed by atoms with Gasteiger partial charge in [0.05, 0.1) is 11.4 Å². The van der Waals surface area contributed by atoms with Crippen LogP contribution in [0, 0.1) is 5.82 Å². The minimum absolute atomic E-state index is 0.260. The van der Waals surface area contributed by atoms with Gasteiger partial charge in [0.15, 0.2) is 5.82 Å². The van der Waals surface area contributed by atoms with Gasteiger partial charge in [-0.25, -0.2) is 18.6 Å². The van der Waals surface area contributed by atoms with E-state index in [9.17, 15) is 13.6 Å². The number of aliphatic carboxylic acids is 1. The Balaban J connectivity index is 2.63. The van der Waals surface area contributed by atoms with Crippen LogP contribution in [-0.2, 0) is 10.5 Å². The molecule has 19 heavy (non-hydrogen) atoms. The maximum Gasteiger partial charge on any atom is 0.354 e. The van der Waals surface area contributed by atoms with Crippen molar-refractivity contribution in [3.8, 4) is 0 Å². The van der Waals surface area contributed by atoms with Crippen molar-refractivity contribution in [3.05, 3.63) is 58.3 Å². The molecule has 0 aliphatic rings. The van der Waals surface area contributed by atoms with E-state index in [1.54, 1.807) is 0 Å². The molecule has 1 unspecified atom stereocenters. The molecule has 0 radical (unpaired) electrons. The highest BCUT2D eigenvalue weighted by atomic mass is 79.9. The molecule has 4 nitrogen and oxygen atoms in total. The summed E-state index contributed by atoms with van der Waals surface area (Å²) >= 11 is 2.79. The third kappa shape index (κ3) is 2.33. The molecule has 0 bridgehead atoms. The third-order valence-corrected chi connectivity index (χ3v) is 3.02. The molecular formula is C12H7BrF2N2O2. The van der Waals surface area contributed by atoms with Crippen LogP contribution >= 0.6 is 15.9 Å². The maximum atomic E-state index is 14.8. The highest BCUT2D eigenvalue weighted by molar-refractivity contribution is 9.10. The predicted molar refractivity (Wildman–Crippen MR) is 65.7 cm³/mol. The van der Waals surface area contributed by atoms with Gasteiger partial charge in [-0.3, -0.25) is 4.98 Å². The van der Waals surface area contributed by atoms with Gasteiger partial charge in [0, 0.05) is 6.20 Å². The summed E-state index contributed by atoms with van der Waals surface area (Å²) in [5.41, 5.74) is -3.71. The van der Waals surface area contributed by atoms with Crippen LogP contribution in [0.1, 0.15) is 11.4 Å². The van der Waals surface area contributed by atoms with E-state index in [1.807, 2.05) is 0 Å². The summed E-state index contributed by atoms with van der Waals surface area (Å²) in [4.78, 5) is 18.5. The van der Waals surface area contributed by atoms with Crippen LogP contribution in [0.4, 0.5) is 8.78 Å². The molecule has 7 heteroatoms. The maximum absolute atomic E-state index is 14.8. The quantitative estimate of drug-likeness (QED) is 0.880. The van der Waals surface area contributed by atoms with Gasteiger partial charge in [-0.15, -0.1) is 0 Å². The molecule has 0 aliphatic carbocycles. The average molecular weight is 329 g/mol. The van der Waals surface area contributed by atoms with Crippen molar-refractivity contribution < 1.29 is 18.7 Å². The van der Waals surface area contributed by atoms with Gasteiger partial charge < -0.3 is 5.11 Å². The molecule has 0 saturated carbocycles. The Morgan fingerprint density at radius 1 is 1.26 bits per heavy atom. The average Bonchev–Trinajstić information content (AvgIpc) is 2.41. The van der Waals surface area contributed by atoms with Crippen LogP contribution in [0.3, 0.4) is 0 Å². The fourth-order valence-corrected chi connectivity index (χ4v) is 1.85. The number of hydrogen-bond acceptors (Lipinski definition) is 3. The minimum atomic E-state index is -2.93. The highest BCUT2D eigenvalue weighted by Crippen LogP contribution is 2.32. The summed E-state index contributed by atoms with van der Waals surface area (Å²) in [5.74, 6) is -2.48. The van der Waals surface area contributed by atoms with Crippen LogP contribution in [-0.4, -0.2) is 21.0 Å². The Kier molecular flexibility index (Phi) is 3.57. The number of carboxylic acid groups (broad SMARTS) is 1. The summed E-state index contributed by atoms with van der Waals surface area (Å²) in [6.07, 6.45) is 1.27. The molecular weight excluding hydrogens is 322 g/mol. The van der Waals surface area contributed by atoms with E-state index in [0.717, 1.165) is 12.1 Å². The summed E-state index contributed by atoms with van der Waals surface area (Å²) in [6, 6.07) is 6.13. The van der Waals surface area contributed by atoms with E-state index in [2.05, 4.69) is 25.9 Å². The van der Waals surface area contributed by atoms with Crippen molar-refractivity contribution in [2.75, 3.05) is 0 Å². The smallest absolute Gasteiger partial charge is 0.354 e. The van der Waals surface area contributed by atoms with E-state index in [1.165, 1.54) is 24.4 Å². The van der Waals surface area contributed by atoms with Gasteiger partial charge >= 0.3 is 5.97 Å². The zero-order valence-electron chi connectivity index (χ0n) is 9.35. The van der Waals surface area contributed by atoms with Gasteiger partial charge in [-0.05, 0) is 40.2 Å². The second kappa shape index (κ2) is 5.00. The topological polar surface area (TPSA) is 63.1 Å². The molecule has 0 fully saturated rings. The van der Waals surface area contributed by atoms with Gasteiger partial charge in [-0.1, -0.05) is 6.07 Å².